The summed E-state index contributed by atoms with van der Waals surface area (Å²) < 4.78 is 5.01. The minimum absolute atomic E-state index is 0.146. The van der Waals surface area contributed by atoms with Crippen molar-refractivity contribution in [2.45, 2.75) is 44.2 Å². The summed E-state index contributed by atoms with van der Waals surface area (Å²) >= 11 is 0. The van der Waals surface area contributed by atoms with Gasteiger partial charge in [0.15, 0.2) is 0 Å². The second-order valence-electron chi connectivity index (χ2n) is 4.55. The summed E-state index contributed by atoms with van der Waals surface area (Å²) in [4.78, 5) is 4.14. The summed E-state index contributed by atoms with van der Waals surface area (Å²) in [5, 5.41) is 13.4. The highest BCUT2D eigenvalue weighted by molar-refractivity contribution is 5.43. The third-order valence-electron chi connectivity index (χ3n) is 3.28. The highest BCUT2D eigenvalue weighted by Gasteiger charge is 2.21. The van der Waals surface area contributed by atoms with Gasteiger partial charge in [0, 0.05) is 6.07 Å². The second kappa shape index (κ2) is 5.87. The molecule has 17 heavy (non-hydrogen) atoms. The van der Waals surface area contributed by atoms with Crippen LogP contribution >= 0.6 is 0 Å². The Morgan fingerprint density at radius 3 is 2.82 bits per heavy atom. The van der Waals surface area contributed by atoms with Crippen LogP contribution in [0.25, 0.3) is 0 Å². The molecule has 0 bridgehead atoms. The van der Waals surface area contributed by atoms with Crippen molar-refractivity contribution >= 4 is 5.69 Å². The SMILES string of the molecule is COc1ccc(NC2CCCCCC2O)cn1. The number of anilines is 1. The molecule has 1 aliphatic carbocycles. The summed E-state index contributed by atoms with van der Waals surface area (Å²) in [7, 11) is 1.60. The van der Waals surface area contributed by atoms with E-state index in [4.69, 9.17) is 4.74 Å². The molecule has 0 spiro atoms. The van der Waals surface area contributed by atoms with E-state index in [-0.39, 0.29) is 12.1 Å². The molecule has 2 unspecified atom stereocenters. The molecule has 4 heteroatoms. The topological polar surface area (TPSA) is 54.4 Å². The fourth-order valence-electron chi connectivity index (χ4n) is 2.26. The summed E-state index contributed by atoms with van der Waals surface area (Å²) in [6.45, 7) is 0. The quantitative estimate of drug-likeness (QED) is 0.790. The summed E-state index contributed by atoms with van der Waals surface area (Å²) in [5.41, 5.74) is 0.941. The van der Waals surface area contributed by atoms with Crippen molar-refractivity contribution in [2.75, 3.05) is 12.4 Å². The van der Waals surface area contributed by atoms with Gasteiger partial charge in [0.1, 0.15) is 0 Å². The third kappa shape index (κ3) is 3.33. The minimum atomic E-state index is -0.250. The van der Waals surface area contributed by atoms with Crippen molar-refractivity contribution in [3.8, 4) is 5.88 Å². The smallest absolute Gasteiger partial charge is 0.213 e. The van der Waals surface area contributed by atoms with Gasteiger partial charge < -0.3 is 15.2 Å². The lowest BCUT2D eigenvalue weighted by Gasteiger charge is -2.22. The molecule has 1 heterocycles. The van der Waals surface area contributed by atoms with Gasteiger partial charge in [-0.25, -0.2) is 4.98 Å². The number of pyridine rings is 1. The molecule has 0 aromatic carbocycles. The van der Waals surface area contributed by atoms with Crippen molar-refractivity contribution in [2.24, 2.45) is 0 Å². The fourth-order valence-corrected chi connectivity index (χ4v) is 2.26. The van der Waals surface area contributed by atoms with Gasteiger partial charge in [0.25, 0.3) is 0 Å². The number of methoxy groups -OCH3 is 1. The van der Waals surface area contributed by atoms with Crippen LogP contribution in [0.2, 0.25) is 0 Å². The Kier molecular flexibility index (Phi) is 4.20. The predicted molar refractivity (Wildman–Crippen MR) is 67.3 cm³/mol. The van der Waals surface area contributed by atoms with Crippen molar-refractivity contribution < 1.29 is 9.84 Å². The second-order valence-corrected chi connectivity index (χ2v) is 4.55. The van der Waals surface area contributed by atoms with E-state index in [2.05, 4.69) is 10.3 Å². The summed E-state index contributed by atoms with van der Waals surface area (Å²) in [6, 6.07) is 3.90. The maximum atomic E-state index is 10.0. The van der Waals surface area contributed by atoms with Gasteiger partial charge in [0.2, 0.25) is 5.88 Å². The van der Waals surface area contributed by atoms with Crippen LogP contribution in [-0.4, -0.2) is 29.3 Å². The molecule has 1 fully saturated rings. The first-order valence-electron chi connectivity index (χ1n) is 6.24. The largest absolute Gasteiger partial charge is 0.481 e. The summed E-state index contributed by atoms with van der Waals surface area (Å²) in [6.07, 6.45) is 6.93. The minimum Gasteiger partial charge on any atom is -0.481 e. The highest BCUT2D eigenvalue weighted by Crippen LogP contribution is 2.22. The van der Waals surface area contributed by atoms with Crippen LogP contribution in [0.4, 0.5) is 5.69 Å². The first kappa shape index (κ1) is 12.2. The lowest BCUT2D eigenvalue weighted by molar-refractivity contribution is 0.144. The molecule has 0 aliphatic heterocycles. The van der Waals surface area contributed by atoms with Crippen LogP contribution in [0.1, 0.15) is 32.1 Å². The number of nitrogens with one attached hydrogen (secondary N) is 1. The maximum Gasteiger partial charge on any atom is 0.213 e. The molecule has 2 N–H and O–H groups in total. The van der Waals surface area contributed by atoms with Gasteiger partial charge in [-0.2, -0.15) is 0 Å². The molecule has 94 valence electrons. The zero-order valence-corrected chi connectivity index (χ0v) is 10.2. The number of nitrogens with zero attached hydrogens (tertiary/aromatic N) is 1. The first-order chi connectivity index (χ1) is 8.29. The lowest BCUT2D eigenvalue weighted by atomic mass is 10.1. The summed E-state index contributed by atoms with van der Waals surface area (Å²) in [5.74, 6) is 0.608. The first-order valence-corrected chi connectivity index (χ1v) is 6.24. The number of aromatic nitrogens is 1. The van der Waals surface area contributed by atoms with Crippen LogP contribution in [0.3, 0.4) is 0 Å². The van der Waals surface area contributed by atoms with E-state index < -0.39 is 0 Å². The van der Waals surface area contributed by atoms with Crippen molar-refractivity contribution in [1.82, 2.24) is 4.98 Å². The number of rotatable bonds is 3. The lowest BCUT2D eigenvalue weighted by Crippen LogP contribution is -2.32. The molecular formula is C13H20N2O2. The number of aliphatic hydroxyl groups is 1. The third-order valence-corrected chi connectivity index (χ3v) is 3.28. The van der Waals surface area contributed by atoms with E-state index in [0.717, 1.165) is 24.9 Å². The number of aliphatic hydroxyl groups excluding tert-OH is 1. The van der Waals surface area contributed by atoms with Crippen LogP contribution in [-0.2, 0) is 0 Å². The number of hydrogen-bond acceptors (Lipinski definition) is 4. The van der Waals surface area contributed by atoms with E-state index in [0.29, 0.717) is 5.88 Å². The zero-order chi connectivity index (χ0) is 12.1. The van der Waals surface area contributed by atoms with E-state index in [1.807, 2.05) is 12.1 Å². The molecule has 0 radical (unpaired) electrons. The molecule has 1 aliphatic rings. The van der Waals surface area contributed by atoms with E-state index in [1.165, 1.54) is 12.8 Å². The molecule has 2 rings (SSSR count). The van der Waals surface area contributed by atoms with Gasteiger partial charge in [-0.15, -0.1) is 0 Å². The van der Waals surface area contributed by atoms with Gasteiger partial charge in [0.05, 0.1) is 31.1 Å². The highest BCUT2D eigenvalue weighted by atomic mass is 16.5. The molecular weight excluding hydrogens is 216 g/mol. The van der Waals surface area contributed by atoms with Crippen molar-refractivity contribution in [3.05, 3.63) is 18.3 Å². The Morgan fingerprint density at radius 1 is 1.29 bits per heavy atom. The maximum absolute atomic E-state index is 10.0. The van der Waals surface area contributed by atoms with Gasteiger partial charge >= 0.3 is 0 Å². The molecule has 1 aromatic heterocycles. The standard InChI is InChI=1S/C13H20N2O2/c1-17-13-8-7-10(9-14-13)15-11-5-3-2-4-6-12(11)16/h7-9,11-12,15-16H,2-6H2,1H3. The Labute approximate surface area is 102 Å². The van der Waals surface area contributed by atoms with Gasteiger partial charge in [-0.3, -0.25) is 0 Å². The van der Waals surface area contributed by atoms with Crippen LogP contribution in [0.15, 0.2) is 18.3 Å². The van der Waals surface area contributed by atoms with Gasteiger partial charge in [-0.05, 0) is 18.9 Å². The van der Waals surface area contributed by atoms with Crippen molar-refractivity contribution in [3.63, 3.8) is 0 Å². The van der Waals surface area contributed by atoms with E-state index in [9.17, 15) is 5.11 Å². The fraction of sp³-hybridized carbons (Fsp3) is 0.615. The molecule has 1 saturated carbocycles. The average Bonchev–Trinajstić information content (AvgIpc) is 2.56. The molecule has 0 saturated heterocycles. The van der Waals surface area contributed by atoms with Gasteiger partial charge in [-0.1, -0.05) is 19.3 Å². The Morgan fingerprint density at radius 2 is 2.12 bits per heavy atom. The normalized spacial score (nSPS) is 25.1. The van der Waals surface area contributed by atoms with Crippen LogP contribution in [0.5, 0.6) is 5.88 Å². The molecule has 4 nitrogen and oxygen atoms in total. The Hall–Kier alpha value is -1.29. The van der Waals surface area contributed by atoms with Crippen LogP contribution < -0.4 is 10.1 Å². The Bertz CT molecular complexity index is 340. The molecule has 0 amide bonds. The van der Waals surface area contributed by atoms with E-state index in [1.54, 1.807) is 13.3 Å². The zero-order valence-electron chi connectivity index (χ0n) is 10.2. The van der Waals surface area contributed by atoms with E-state index >= 15 is 0 Å². The average molecular weight is 236 g/mol. The molecule has 1 aromatic rings. The number of ether oxygens (including phenoxy) is 1. The predicted octanol–water partition coefficient (Wildman–Crippen LogP) is 2.20. The number of hydrogen-bond donors (Lipinski definition) is 2. The van der Waals surface area contributed by atoms with Crippen LogP contribution in [0, 0.1) is 0 Å². The monoisotopic (exact) mass is 236 g/mol. The Balaban J connectivity index is 1.98. The molecule has 2 atom stereocenters. The van der Waals surface area contributed by atoms with Crippen molar-refractivity contribution in [1.29, 1.82) is 0 Å².